The summed E-state index contributed by atoms with van der Waals surface area (Å²) >= 11 is 0. The van der Waals surface area contributed by atoms with Crippen molar-refractivity contribution in [2.45, 2.75) is 5.51 Å². The zero-order chi connectivity index (χ0) is 18.7. The summed E-state index contributed by atoms with van der Waals surface area (Å²) in [7, 11) is -4.00. The van der Waals surface area contributed by atoms with Crippen LogP contribution >= 0.6 is 0 Å². The van der Waals surface area contributed by atoms with E-state index in [9.17, 15) is 13.2 Å². The van der Waals surface area contributed by atoms with Gasteiger partial charge < -0.3 is 4.55 Å². The van der Waals surface area contributed by atoms with E-state index in [-0.39, 0.29) is 0 Å². The van der Waals surface area contributed by atoms with Gasteiger partial charge in [0.25, 0.3) is 0 Å². The van der Waals surface area contributed by atoms with Crippen LogP contribution in [0.15, 0.2) is 66.9 Å². The first kappa shape index (κ1) is 18.9. The second-order valence-electron chi connectivity index (χ2n) is 5.16. The van der Waals surface area contributed by atoms with Gasteiger partial charge in [0.15, 0.2) is 16.3 Å². The average molecular weight is 369 g/mol. The van der Waals surface area contributed by atoms with Gasteiger partial charge in [0.2, 0.25) is 5.52 Å². The Morgan fingerprint density at radius 1 is 0.920 bits per heavy atom. The van der Waals surface area contributed by atoms with Crippen LogP contribution in [0.25, 0.3) is 22.0 Å². The summed E-state index contributed by atoms with van der Waals surface area (Å²) < 4.78 is 61.1. The summed E-state index contributed by atoms with van der Waals surface area (Å²) in [6, 6.07) is 21.2. The van der Waals surface area contributed by atoms with Crippen LogP contribution in [0.5, 0.6) is 0 Å². The van der Waals surface area contributed by atoms with E-state index in [0.717, 1.165) is 0 Å². The first-order valence-corrected chi connectivity index (χ1v) is 8.46. The second-order valence-corrected chi connectivity index (χ2v) is 6.54. The molecular formula is C17H14F3NO3S. The first-order chi connectivity index (χ1) is 11.6. The lowest BCUT2D eigenvalue weighted by Gasteiger charge is -2.08. The van der Waals surface area contributed by atoms with Crippen molar-refractivity contribution in [3.63, 3.8) is 0 Å². The number of aromatic nitrogens is 1. The molecule has 0 bridgehead atoms. The molecule has 4 nitrogen and oxygen atoms in total. The number of nitrogens with zero attached hydrogens (tertiary/aromatic N) is 1. The lowest BCUT2D eigenvalue weighted by atomic mass is 10.1. The summed E-state index contributed by atoms with van der Waals surface area (Å²) in [6.45, 7) is 0. The van der Waals surface area contributed by atoms with Crippen LogP contribution in [-0.4, -0.2) is 18.5 Å². The number of alkyl halides is 3. The predicted molar refractivity (Wildman–Crippen MR) is 86.3 cm³/mol. The molecule has 2 aromatic carbocycles. The fraction of sp³-hybridized carbons (Fsp3) is 0.118. The summed E-state index contributed by atoms with van der Waals surface area (Å²) in [4.78, 5) is 0. The second kappa shape index (κ2) is 7.20. The van der Waals surface area contributed by atoms with Gasteiger partial charge in [0.1, 0.15) is 7.05 Å². The van der Waals surface area contributed by atoms with Crippen LogP contribution in [-0.2, 0) is 17.2 Å². The number of rotatable bonds is 1. The smallest absolute Gasteiger partial charge is 0.485 e. The number of hydrogen-bond acceptors (Lipinski definition) is 3. The minimum absolute atomic E-state index is 1.26. The normalized spacial score (nSPS) is 11.7. The maximum atomic E-state index is 10.7. The molecule has 0 saturated carbocycles. The van der Waals surface area contributed by atoms with E-state index in [1.807, 2.05) is 6.07 Å². The third-order valence-electron chi connectivity index (χ3n) is 3.35. The molecule has 3 aromatic rings. The summed E-state index contributed by atoms with van der Waals surface area (Å²) in [5.74, 6) is 0. The number of para-hydroxylation sites is 1. The molecule has 0 N–H and O–H groups in total. The van der Waals surface area contributed by atoms with Gasteiger partial charge in [-0.3, -0.25) is 0 Å². The van der Waals surface area contributed by atoms with Crippen molar-refractivity contribution < 1.29 is 30.7 Å². The fourth-order valence-corrected chi connectivity index (χ4v) is 2.20. The third-order valence-corrected chi connectivity index (χ3v) is 3.92. The molecule has 0 aliphatic carbocycles. The van der Waals surface area contributed by atoms with Gasteiger partial charge in [-0.15, -0.1) is 0 Å². The molecule has 0 aliphatic rings. The highest BCUT2D eigenvalue weighted by molar-refractivity contribution is 7.86. The van der Waals surface area contributed by atoms with Crippen LogP contribution in [0.1, 0.15) is 0 Å². The van der Waals surface area contributed by atoms with Crippen molar-refractivity contribution in [1.82, 2.24) is 0 Å². The minimum atomic E-state index is -6.09. The average Bonchev–Trinajstić information content (AvgIpc) is 2.54. The highest BCUT2D eigenvalue weighted by Crippen LogP contribution is 2.21. The molecule has 3 rings (SSSR count). The van der Waals surface area contributed by atoms with Gasteiger partial charge >= 0.3 is 5.51 Å². The zero-order valence-electron chi connectivity index (χ0n) is 13.1. The van der Waals surface area contributed by atoms with Crippen molar-refractivity contribution in [2.75, 3.05) is 0 Å². The van der Waals surface area contributed by atoms with Gasteiger partial charge in [0.05, 0.1) is 0 Å². The molecule has 132 valence electrons. The van der Waals surface area contributed by atoms with Crippen LogP contribution in [0.3, 0.4) is 0 Å². The van der Waals surface area contributed by atoms with E-state index in [1.54, 1.807) is 0 Å². The Morgan fingerprint density at radius 3 is 2.00 bits per heavy atom. The molecular weight excluding hydrogens is 355 g/mol. The van der Waals surface area contributed by atoms with Crippen molar-refractivity contribution in [3.8, 4) is 11.1 Å². The van der Waals surface area contributed by atoms with Crippen LogP contribution in [0.4, 0.5) is 13.2 Å². The maximum Gasteiger partial charge on any atom is 0.485 e. The van der Waals surface area contributed by atoms with Crippen LogP contribution in [0.2, 0.25) is 0 Å². The topological polar surface area (TPSA) is 61.1 Å². The summed E-state index contributed by atoms with van der Waals surface area (Å²) in [6.07, 6.45) is 2.18. The number of halogens is 3. The molecule has 0 saturated heterocycles. The van der Waals surface area contributed by atoms with E-state index < -0.39 is 15.6 Å². The third kappa shape index (κ3) is 4.77. The van der Waals surface area contributed by atoms with Gasteiger partial charge in [-0.2, -0.15) is 13.2 Å². The molecule has 0 unspecified atom stereocenters. The highest BCUT2D eigenvalue weighted by Gasteiger charge is 2.36. The minimum Gasteiger partial charge on any atom is -0.741 e. The molecule has 25 heavy (non-hydrogen) atoms. The Hall–Kier alpha value is -2.45. The Labute approximate surface area is 142 Å². The Kier molecular flexibility index (Phi) is 5.44. The van der Waals surface area contributed by atoms with E-state index in [1.165, 1.54) is 22.0 Å². The summed E-state index contributed by atoms with van der Waals surface area (Å²) in [5, 5.41) is 1.27. The van der Waals surface area contributed by atoms with Crippen molar-refractivity contribution in [1.29, 1.82) is 0 Å². The first-order valence-electron chi connectivity index (χ1n) is 7.05. The number of pyridine rings is 1. The number of aryl methyl sites for hydroxylation is 1. The van der Waals surface area contributed by atoms with Gasteiger partial charge in [-0.05, 0) is 17.7 Å². The molecule has 1 heterocycles. The number of benzene rings is 2. The molecule has 0 radical (unpaired) electrons. The monoisotopic (exact) mass is 369 g/mol. The number of fused-ring (bicyclic) bond motifs is 1. The quantitative estimate of drug-likeness (QED) is 0.375. The zero-order valence-corrected chi connectivity index (χ0v) is 13.9. The fourth-order valence-electron chi connectivity index (χ4n) is 2.20. The Bertz CT molecular complexity index is 971. The van der Waals surface area contributed by atoms with Crippen molar-refractivity contribution >= 4 is 21.0 Å². The molecule has 8 heteroatoms. The SMILES string of the molecule is C[n+]1cc(-c2ccccc2)cc2ccccc21.O=S(=O)([O-])C(F)(F)F. The largest absolute Gasteiger partial charge is 0.741 e. The van der Waals surface area contributed by atoms with E-state index in [0.29, 0.717) is 0 Å². The van der Waals surface area contributed by atoms with Crippen LogP contribution < -0.4 is 4.57 Å². The predicted octanol–water partition coefficient (Wildman–Crippen LogP) is 3.38. The molecule has 0 atom stereocenters. The van der Waals surface area contributed by atoms with Gasteiger partial charge in [-0.1, -0.05) is 42.5 Å². The van der Waals surface area contributed by atoms with Crippen molar-refractivity contribution in [3.05, 3.63) is 66.9 Å². The van der Waals surface area contributed by atoms with Crippen LogP contribution in [0, 0.1) is 0 Å². The molecule has 1 aromatic heterocycles. The highest BCUT2D eigenvalue weighted by atomic mass is 32.2. The molecule has 0 aliphatic heterocycles. The standard InChI is InChI=1S/C16H14N.CHF3O3S/c1-17-12-15(13-7-3-2-4-8-13)11-14-9-5-6-10-16(14)17;2-1(3,4)8(5,6)7/h2-12H,1H3;(H,5,6,7)/q+1;/p-1. The van der Waals surface area contributed by atoms with Crippen molar-refractivity contribution in [2.24, 2.45) is 7.05 Å². The Balaban J connectivity index is 0.000000242. The molecule has 0 fully saturated rings. The van der Waals surface area contributed by atoms with E-state index >= 15 is 0 Å². The maximum absolute atomic E-state index is 10.7. The lowest BCUT2D eigenvalue weighted by Crippen LogP contribution is -2.28. The van der Waals surface area contributed by atoms with E-state index in [4.69, 9.17) is 13.0 Å². The molecule has 0 spiro atoms. The van der Waals surface area contributed by atoms with Gasteiger partial charge in [-0.25, -0.2) is 13.0 Å². The molecule has 0 amide bonds. The Morgan fingerprint density at radius 2 is 1.44 bits per heavy atom. The number of hydrogen-bond donors (Lipinski definition) is 0. The van der Waals surface area contributed by atoms with E-state index in [2.05, 4.69) is 72.4 Å². The van der Waals surface area contributed by atoms with Gasteiger partial charge in [0, 0.05) is 17.0 Å². The lowest BCUT2D eigenvalue weighted by molar-refractivity contribution is -0.644. The summed E-state index contributed by atoms with van der Waals surface area (Å²) in [5.41, 5.74) is -1.87.